The molecule has 0 spiro atoms. The van der Waals surface area contributed by atoms with E-state index < -0.39 is 0 Å². The highest BCUT2D eigenvalue weighted by atomic mass is 15.1. The molecule has 0 aliphatic carbocycles. The number of imidazole rings is 1. The summed E-state index contributed by atoms with van der Waals surface area (Å²) in [5, 5.41) is 3.44. The standard InChI is InChI=1S/C17H25N3/c1-5-10-20-11-9-19-17(20)12-16(18-4)15-8-6-7-13(2)14(15)3/h6-9,11,16,18H,5,10,12H2,1-4H3. The Labute approximate surface area is 122 Å². The van der Waals surface area contributed by atoms with Crippen LogP contribution in [0.5, 0.6) is 0 Å². The van der Waals surface area contributed by atoms with Crippen LogP contribution in [0.1, 0.15) is 41.9 Å². The quantitative estimate of drug-likeness (QED) is 0.872. The summed E-state index contributed by atoms with van der Waals surface area (Å²) in [6.45, 7) is 7.61. The minimum absolute atomic E-state index is 0.313. The minimum Gasteiger partial charge on any atom is -0.335 e. The number of benzene rings is 1. The molecule has 3 heteroatoms. The number of nitrogens with zero attached hydrogens (tertiary/aromatic N) is 2. The molecule has 0 radical (unpaired) electrons. The lowest BCUT2D eigenvalue weighted by Gasteiger charge is -2.20. The Hall–Kier alpha value is -1.61. The Morgan fingerprint density at radius 1 is 1.30 bits per heavy atom. The first-order chi connectivity index (χ1) is 9.67. The largest absolute Gasteiger partial charge is 0.335 e. The van der Waals surface area contributed by atoms with Gasteiger partial charge in [-0.05, 0) is 44.0 Å². The van der Waals surface area contributed by atoms with Gasteiger partial charge in [-0.1, -0.05) is 25.1 Å². The van der Waals surface area contributed by atoms with Crippen LogP contribution in [0.4, 0.5) is 0 Å². The molecule has 1 N–H and O–H groups in total. The van der Waals surface area contributed by atoms with E-state index in [1.54, 1.807) is 0 Å². The minimum atomic E-state index is 0.313. The zero-order valence-corrected chi connectivity index (χ0v) is 13.0. The third kappa shape index (κ3) is 3.10. The highest BCUT2D eigenvalue weighted by Crippen LogP contribution is 2.23. The molecule has 0 aliphatic rings. The predicted octanol–water partition coefficient (Wildman–Crippen LogP) is 3.41. The summed E-state index contributed by atoms with van der Waals surface area (Å²) in [4.78, 5) is 4.52. The SMILES string of the molecule is CCCn1ccnc1CC(NC)c1cccc(C)c1C. The first-order valence-electron chi connectivity index (χ1n) is 7.40. The normalized spacial score (nSPS) is 12.6. The number of aromatic nitrogens is 2. The van der Waals surface area contributed by atoms with Crippen LogP contribution in [0, 0.1) is 13.8 Å². The third-order valence-electron chi connectivity index (χ3n) is 4.02. The molecule has 1 heterocycles. The number of rotatable bonds is 6. The Morgan fingerprint density at radius 2 is 2.10 bits per heavy atom. The molecular weight excluding hydrogens is 246 g/mol. The Morgan fingerprint density at radius 3 is 2.80 bits per heavy atom. The second kappa shape index (κ2) is 6.71. The lowest BCUT2D eigenvalue weighted by Crippen LogP contribution is -2.22. The van der Waals surface area contributed by atoms with Gasteiger partial charge in [-0.15, -0.1) is 0 Å². The molecule has 2 rings (SSSR count). The van der Waals surface area contributed by atoms with Crippen LogP contribution >= 0.6 is 0 Å². The highest BCUT2D eigenvalue weighted by Gasteiger charge is 2.16. The number of aryl methyl sites for hydroxylation is 2. The molecule has 0 fully saturated rings. The highest BCUT2D eigenvalue weighted by molar-refractivity contribution is 5.35. The van der Waals surface area contributed by atoms with E-state index in [-0.39, 0.29) is 0 Å². The van der Waals surface area contributed by atoms with Gasteiger partial charge in [0.2, 0.25) is 0 Å². The van der Waals surface area contributed by atoms with E-state index in [2.05, 4.69) is 60.0 Å². The van der Waals surface area contributed by atoms with Crippen LogP contribution in [-0.4, -0.2) is 16.6 Å². The van der Waals surface area contributed by atoms with Gasteiger partial charge < -0.3 is 9.88 Å². The van der Waals surface area contributed by atoms with Crippen LogP contribution in [0.3, 0.4) is 0 Å². The molecule has 1 aromatic heterocycles. The first-order valence-corrected chi connectivity index (χ1v) is 7.40. The second-order valence-corrected chi connectivity index (χ2v) is 5.37. The monoisotopic (exact) mass is 271 g/mol. The van der Waals surface area contributed by atoms with Gasteiger partial charge in [-0.2, -0.15) is 0 Å². The average Bonchev–Trinajstić information content (AvgIpc) is 2.87. The number of hydrogen-bond donors (Lipinski definition) is 1. The second-order valence-electron chi connectivity index (χ2n) is 5.37. The molecule has 0 amide bonds. The van der Waals surface area contributed by atoms with E-state index in [0.717, 1.165) is 25.2 Å². The van der Waals surface area contributed by atoms with Crippen LogP contribution in [0.2, 0.25) is 0 Å². The molecule has 108 valence electrons. The van der Waals surface area contributed by atoms with Gasteiger partial charge in [0.25, 0.3) is 0 Å². The van der Waals surface area contributed by atoms with Gasteiger partial charge in [0, 0.05) is 31.4 Å². The van der Waals surface area contributed by atoms with Crippen molar-refractivity contribution in [2.24, 2.45) is 0 Å². The summed E-state index contributed by atoms with van der Waals surface area (Å²) in [7, 11) is 2.03. The van der Waals surface area contributed by atoms with Crippen LogP contribution in [0.25, 0.3) is 0 Å². The summed E-state index contributed by atoms with van der Waals surface area (Å²) >= 11 is 0. The molecule has 1 unspecified atom stereocenters. The van der Waals surface area contributed by atoms with Crippen molar-refractivity contribution in [1.82, 2.24) is 14.9 Å². The van der Waals surface area contributed by atoms with E-state index in [4.69, 9.17) is 0 Å². The molecule has 0 aliphatic heterocycles. The van der Waals surface area contributed by atoms with Crippen molar-refractivity contribution >= 4 is 0 Å². The summed E-state index contributed by atoms with van der Waals surface area (Å²) in [5.41, 5.74) is 4.10. The van der Waals surface area contributed by atoms with Gasteiger partial charge in [-0.25, -0.2) is 4.98 Å². The number of likely N-dealkylation sites (N-methyl/N-ethyl adjacent to an activating group) is 1. The summed E-state index contributed by atoms with van der Waals surface area (Å²) in [6, 6.07) is 6.84. The zero-order chi connectivity index (χ0) is 14.5. The van der Waals surface area contributed by atoms with Gasteiger partial charge in [-0.3, -0.25) is 0 Å². The van der Waals surface area contributed by atoms with Crippen LogP contribution in [-0.2, 0) is 13.0 Å². The maximum absolute atomic E-state index is 4.52. The molecule has 3 nitrogen and oxygen atoms in total. The maximum atomic E-state index is 4.52. The fourth-order valence-corrected chi connectivity index (χ4v) is 2.68. The summed E-state index contributed by atoms with van der Waals surface area (Å²) < 4.78 is 2.26. The van der Waals surface area contributed by atoms with E-state index in [1.165, 1.54) is 16.7 Å². The van der Waals surface area contributed by atoms with Gasteiger partial charge in [0.1, 0.15) is 5.82 Å². The fourth-order valence-electron chi connectivity index (χ4n) is 2.68. The van der Waals surface area contributed by atoms with Crippen molar-refractivity contribution in [3.63, 3.8) is 0 Å². The molecule has 2 aromatic rings. The van der Waals surface area contributed by atoms with Crippen molar-refractivity contribution in [3.05, 3.63) is 53.1 Å². The average molecular weight is 271 g/mol. The summed E-state index contributed by atoms with van der Waals surface area (Å²) in [5.74, 6) is 1.16. The molecule has 0 saturated carbocycles. The topological polar surface area (TPSA) is 29.9 Å². The Kier molecular flexibility index (Phi) is 4.96. The fraction of sp³-hybridized carbons (Fsp3) is 0.471. The molecule has 20 heavy (non-hydrogen) atoms. The van der Waals surface area contributed by atoms with E-state index in [1.807, 2.05) is 13.2 Å². The molecule has 0 saturated heterocycles. The van der Waals surface area contributed by atoms with E-state index in [0.29, 0.717) is 6.04 Å². The Bertz CT molecular complexity index is 557. The first kappa shape index (κ1) is 14.8. The molecule has 1 atom stereocenters. The van der Waals surface area contributed by atoms with Gasteiger partial charge >= 0.3 is 0 Å². The smallest absolute Gasteiger partial charge is 0.110 e. The zero-order valence-electron chi connectivity index (χ0n) is 13.0. The van der Waals surface area contributed by atoms with Crippen molar-refractivity contribution in [1.29, 1.82) is 0 Å². The van der Waals surface area contributed by atoms with Crippen LogP contribution in [0.15, 0.2) is 30.6 Å². The van der Waals surface area contributed by atoms with Gasteiger partial charge in [0.15, 0.2) is 0 Å². The van der Waals surface area contributed by atoms with E-state index >= 15 is 0 Å². The number of nitrogens with one attached hydrogen (secondary N) is 1. The molecular formula is C17H25N3. The van der Waals surface area contributed by atoms with E-state index in [9.17, 15) is 0 Å². The van der Waals surface area contributed by atoms with Gasteiger partial charge in [0.05, 0.1) is 0 Å². The molecule has 0 bridgehead atoms. The van der Waals surface area contributed by atoms with Crippen molar-refractivity contribution < 1.29 is 0 Å². The Balaban J connectivity index is 2.24. The van der Waals surface area contributed by atoms with Crippen LogP contribution < -0.4 is 5.32 Å². The number of hydrogen-bond acceptors (Lipinski definition) is 2. The third-order valence-corrected chi connectivity index (χ3v) is 4.02. The predicted molar refractivity (Wildman–Crippen MR) is 83.9 cm³/mol. The van der Waals surface area contributed by atoms with Crippen molar-refractivity contribution in [2.45, 2.75) is 46.2 Å². The van der Waals surface area contributed by atoms with Crippen molar-refractivity contribution in [2.75, 3.05) is 7.05 Å². The van der Waals surface area contributed by atoms with Crippen molar-refractivity contribution in [3.8, 4) is 0 Å². The molecule has 1 aromatic carbocycles. The summed E-state index contributed by atoms with van der Waals surface area (Å²) in [6.07, 6.45) is 6.04. The lowest BCUT2D eigenvalue weighted by molar-refractivity contribution is 0.541. The lowest BCUT2D eigenvalue weighted by atomic mass is 9.95. The maximum Gasteiger partial charge on any atom is 0.110 e.